The quantitative estimate of drug-likeness (QED) is 0.588. The number of hydrogen-bond acceptors (Lipinski definition) is 3. The van der Waals surface area contributed by atoms with Crippen LogP contribution in [0, 0.1) is 11.8 Å². The number of carboxylic acid groups (broad SMARTS) is 1. The molecule has 2 amide bonds. The molecule has 2 atom stereocenters. The highest BCUT2D eigenvalue weighted by molar-refractivity contribution is 6.42. The normalized spacial score (nSPS) is 18.1. The van der Waals surface area contributed by atoms with Crippen molar-refractivity contribution >= 4 is 52.4 Å². The second-order valence-corrected chi connectivity index (χ2v) is 7.43. The van der Waals surface area contributed by atoms with Crippen LogP contribution >= 0.6 is 23.2 Å². The monoisotopic (exact) mass is 432 g/mol. The van der Waals surface area contributed by atoms with Crippen molar-refractivity contribution in [3.8, 4) is 0 Å². The molecule has 0 aromatic heterocycles. The van der Waals surface area contributed by atoms with Gasteiger partial charge in [-0.3, -0.25) is 14.4 Å². The molecule has 0 saturated carbocycles. The van der Waals surface area contributed by atoms with Crippen molar-refractivity contribution in [2.75, 3.05) is 10.6 Å². The Kier molecular flexibility index (Phi) is 6.56. The van der Waals surface area contributed by atoms with Crippen LogP contribution in [0.1, 0.15) is 23.2 Å². The van der Waals surface area contributed by atoms with Crippen LogP contribution in [-0.4, -0.2) is 22.9 Å². The topological polar surface area (TPSA) is 95.5 Å². The van der Waals surface area contributed by atoms with Crippen LogP contribution in [-0.2, 0) is 9.59 Å². The summed E-state index contributed by atoms with van der Waals surface area (Å²) < 4.78 is 0. The third-order valence-corrected chi connectivity index (χ3v) is 5.43. The lowest BCUT2D eigenvalue weighted by Gasteiger charge is -2.24. The third kappa shape index (κ3) is 4.96. The van der Waals surface area contributed by atoms with Gasteiger partial charge in [-0.25, -0.2) is 0 Å². The van der Waals surface area contributed by atoms with E-state index in [9.17, 15) is 19.5 Å². The average Bonchev–Trinajstić information content (AvgIpc) is 2.71. The van der Waals surface area contributed by atoms with Crippen molar-refractivity contribution in [2.45, 2.75) is 12.8 Å². The van der Waals surface area contributed by atoms with E-state index in [-0.39, 0.29) is 5.56 Å². The Balaban J connectivity index is 1.78. The Hall–Kier alpha value is -2.83. The number of allylic oxidation sites excluding steroid dienone is 2. The van der Waals surface area contributed by atoms with Crippen LogP contribution in [0.2, 0.25) is 10.0 Å². The van der Waals surface area contributed by atoms with Crippen LogP contribution in [0.25, 0.3) is 0 Å². The zero-order valence-electron chi connectivity index (χ0n) is 15.2. The first-order chi connectivity index (χ1) is 13.9. The molecule has 0 aliphatic heterocycles. The predicted octanol–water partition coefficient (Wildman–Crippen LogP) is 4.85. The van der Waals surface area contributed by atoms with E-state index in [2.05, 4.69) is 10.6 Å². The first-order valence-corrected chi connectivity index (χ1v) is 9.66. The van der Waals surface area contributed by atoms with E-state index in [0.717, 1.165) is 0 Å². The number of para-hydroxylation sites is 1. The molecule has 3 N–H and O–H groups in total. The van der Waals surface area contributed by atoms with Crippen molar-refractivity contribution in [3.63, 3.8) is 0 Å². The van der Waals surface area contributed by atoms with E-state index in [4.69, 9.17) is 23.2 Å². The lowest BCUT2D eigenvalue weighted by molar-refractivity contribution is -0.146. The molecule has 2 aromatic carbocycles. The summed E-state index contributed by atoms with van der Waals surface area (Å²) >= 11 is 11.9. The van der Waals surface area contributed by atoms with E-state index in [1.54, 1.807) is 48.6 Å². The average molecular weight is 433 g/mol. The molecule has 150 valence electrons. The molecule has 29 heavy (non-hydrogen) atoms. The number of benzene rings is 2. The second kappa shape index (κ2) is 9.11. The van der Waals surface area contributed by atoms with Crippen LogP contribution in [0.4, 0.5) is 11.4 Å². The zero-order chi connectivity index (χ0) is 21.0. The van der Waals surface area contributed by atoms with Gasteiger partial charge < -0.3 is 15.7 Å². The standard InChI is InChI=1S/C21H18Cl2N2O4/c22-16-10-9-12(11-17(16)23)24-20(27)15-7-3-4-8-18(15)25-19(26)13-5-1-2-6-14(13)21(28)29/h1-4,7-11,13-14H,5-6H2,(H,24,27)(H,25,26)(H,28,29)/t13-,14-/m1/s1. The van der Waals surface area contributed by atoms with Crippen molar-refractivity contribution in [2.24, 2.45) is 11.8 Å². The van der Waals surface area contributed by atoms with Gasteiger partial charge in [0, 0.05) is 5.69 Å². The smallest absolute Gasteiger partial charge is 0.307 e. The zero-order valence-corrected chi connectivity index (χ0v) is 16.7. The molecule has 0 bridgehead atoms. The van der Waals surface area contributed by atoms with Gasteiger partial charge in [0.1, 0.15) is 0 Å². The number of hydrogen-bond donors (Lipinski definition) is 3. The molecular formula is C21H18Cl2N2O4. The Labute approximate surface area is 177 Å². The summed E-state index contributed by atoms with van der Waals surface area (Å²) in [4.78, 5) is 36.9. The van der Waals surface area contributed by atoms with Gasteiger partial charge in [0.2, 0.25) is 5.91 Å². The highest BCUT2D eigenvalue weighted by atomic mass is 35.5. The fourth-order valence-electron chi connectivity index (χ4n) is 3.16. The van der Waals surface area contributed by atoms with Gasteiger partial charge in [-0.1, -0.05) is 47.5 Å². The molecule has 0 radical (unpaired) electrons. The summed E-state index contributed by atoms with van der Waals surface area (Å²) in [5.41, 5.74) is 0.993. The SMILES string of the molecule is O=C(Nc1ccc(Cl)c(Cl)c1)c1ccccc1NC(=O)[C@@H]1CC=CC[C@H]1C(=O)O. The van der Waals surface area contributed by atoms with E-state index in [1.165, 1.54) is 6.07 Å². The van der Waals surface area contributed by atoms with E-state index >= 15 is 0 Å². The molecule has 0 unspecified atom stereocenters. The summed E-state index contributed by atoms with van der Waals surface area (Å²) in [5.74, 6) is -3.39. The van der Waals surface area contributed by atoms with Crippen molar-refractivity contribution in [1.29, 1.82) is 0 Å². The first-order valence-electron chi connectivity index (χ1n) is 8.91. The molecule has 0 fully saturated rings. The Morgan fingerprint density at radius 2 is 1.59 bits per heavy atom. The van der Waals surface area contributed by atoms with Gasteiger partial charge in [0.05, 0.1) is 33.1 Å². The van der Waals surface area contributed by atoms with Gasteiger partial charge in [-0.2, -0.15) is 0 Å². The van der Waals surface area contributed by atoms with Crippen LogP contribution < -0.4 is 10.6 Å². The number of amides is 2. The molecule has 6 nitrogen and oxygen atoms in total. The van der Waals surface area contributed by atoms with Gasteiger partial charge >= 0.3 is 5.97 Å². The van der Waals surface area contributed by atoms with Gasteiger partial charge in [0.25, 0.3) is 5.91 Å². The molecular weight excluding hydrogens is 415 g/mol. The van der Waals surface area contributed by atoms with Gasteiger partial charge in [0.15, 0.2) is 0 Å². The number of anilines is 2. The number of carboxylic acids is 1. The molecule has 3 rings (SSSR count). The molecule has 0 saturated heterocycles. The largest absolute Gasteiger partial charge is 0.481 e. The summed E-state index contributed by atoms with van der Waals surface area (Å²) in [5, 5.41) is 15.5. The molecule has 8 heteroatoms. The van der Waals surface area contributed by atoms with Crippen molar-refractivity contribution in [1.82, 2.24) is 0 Å². The number of carbonyl (C=O) groups excluding carboxylic acids is 2. The second-order valence-electron chi connectivity index (χ2n) is 6.61. The Bertz CT molecular complexity index is 990. The minimum Gasteiger partial charge on any atom is -0.481 e. The number of carbonyl (C=O) groups is 3. The highest BCUT2D eigenvalue weighted by Crippen LogP contribution is 2.29. The fraction of sp³-hybridized carbons (Fsp3) is 0.190. The first kappa shape index (κ1) is 20.9. The minimum atomic E-state index is -1.01. The Morgan fingerprint density at radius 3 is 2.28 bits per heavy atom. The van der Waals surface area contributed by atoms with Crippen LogP contribution in [0.5, 0.6) is 0 Å². The highest BCUT2D eigenvalue weighted by Gasteiger charge is 2.34. The summed E-state index contributed by atoms with van der Waals surface area (Å²) in [6.07, 6.45) is 4.20. The number of halogens is 2. The summed E-state index contributed by atoms with van der Waals surface area (Å²) in [6.45, 7) is 0. The van der Waals surface area contributed by atoms with Crippen LogP contribution in [0.15, 0.2) is 54.6 Å². The van der Waals surface area contributed by atoms with E-state index < -0.39 is 29.6 Å². The molecule has 1 aliphatic carbocycles. The third-order valence-electron chi connectivity index (χ3n) is 4.69. The van der Waals surface area contributed by atoms with Gasteiger partial charge in [-0.05, 0) is 43.2 Å². The minimum absolute atomic E-state index is 0.241. The summed E-state index contributed by atoms with van der Waals surface area (Å²) in [7, 11) is 0. The number of rotatable bonds is 5. The van der Waals surface area contributed by atoms with Gasteiger partial charge in [-0.15, -0.1) is 0 Å². The maximum absolute atomic E-state index is 12.7. The van der Waals surface area contributed by atoms with Crippen LogP contribution in [0.3, 0.4) is 0 Å². The maximum atomic E-state index is 12.7. The molecule has 0 spiro atoms. The molecule has 1 aliphatic rings. The molecule has 0 heterocycles. The van der Waals surface area contributed by atoms with E-state index in [0.29, 0.717) is 34.3 Å². The number of aliphatic carboxylic acids is 1. The van der Waals surface area contributed by atoms with Crippen molar-refractivity contribution < 1.29 is 19.5 Å². The summed E-state index contributed by atoms with van der Waals surface area (Å²) in [6, 6.07) is 11.2. The Morgan fingerprint density at radius 1 is 0.897 bits per heavy atom. The van der Waals surface area contributed by atoms with Crippen molar-refractivity contribution in [3.05, 3.63) is 70.2 Å². The lowest BCUT2D eigenvalue weighted by atomic mass is 9.82. The number of nitrogens with one attached hydrogen (secondary N) is 2. The lowest BCUT2D eigenvalue weighted by Crippen LogP contribution is -2.35. The fourth-order valence-corrected chi connectivity index (χ4v) is 3.46. The predicted molar refractivity (Wildman–Crippen MR) is 112 cm³/mol. The molecule has 2 aromatic rings. The maximum Gasteiger partial charge on any atom is 0.307 e. The van der Waals surface area contributed by atoms with E-state index in [1.807, 2.05) is 0 Å².